The van der Waals surface area contributed by atoms with Gasteiger partial charge in [-0.2, -0.15) is 0 Å². The summed E-state index contributed by atoms with van der Waals surface area (Å²) in [5.41, 5.74) is 0. The van der Waals surface area contributed by atoms with Crippen LogP contribution in [0, 0.1) is 0 Å². The van der Waals surface area contributed by atoms with Gasteiger partial charge in [0.05, 0.1) is 13.2 Å². The van der Waals surface area contributed by atoms with E-state index in [1.165, 1.54) is 12.8 Å². The second-order valence-corrected chi connectivity index (χ2v) is 4.57. The van der Waals surface area contributed by atoms with E-state index in [-0.39, 0.29) is 0 Å². The standard InChI is InChI=1S/C13H26N2O2/c1-4-7-15(8-9-16-2)13(11-17-3)10-14-12-5-6-12/h4,12-14H,1,5-11H2,2-3H3. The smallest absolute Gasteiger partial charge is 0.0630 e. The molecule has 0 aromatic heterocycles. The zero-order valence-electron chi connectivity index (χ0n) is 11.2. The summed E-state index contributed by atoms with van der Waals surface area (Å²) in [6.07, 6.45) is 4.58. The summed E-state index contributed by atoms with van der Waals surface area (Å²) in [6.45, 7) is 8.09. The lowest BCUT2D eigenvalue weighted by atomic mass is 10.2. The minimum atomic E-state index is 0.397. The Morgan fingerprint density at radius 2 is 2.18 bits per heavy atom. The Hall–Kier alpha value is -0.420. The third kappa shape index (κ3) is 6.17. The molecule has 0 radical (unpaired) electrons. The molecule has 1 aliphatic rings. The van der Waals surface area contributed by atoms with E-state index < -0.39 is 0 Å². The highest BCUT2D eigenvalue weighted by atomic mass is 16.5. The van der Waals surface area contributed by atoms with Crippen molar-refractivity contribution in [2.24, 2.45) is 0 Å². The minimum Gasteiger partial charge on any atom is -0.383 e. The maximum Gasteiger partial charge on any atom is 0.0630 e. The molecule has 1 unspecified atom stereocenters. The molecule has 17 heavy (non-hydrogen) atoms. The molecule has 0 saturated heterocycles. The maximum absolute atomic E-state index is 5.31. The van der Waals surface area contributed by atoms with Crippen LogP contribution >= 0.6 is 0 Å². The molecule has 1 N–H and O–H groups in total. The molecule has 100 valence electrons. The Labute approximate surface area is 105 Å². The van der Waals surface area contributed by atoms with Crippen LogP contribution in [-0.2, 0) is 9.47 Å². The molecule has 4 heteroatoms. The molecule has 1 atom stereocenters. The van der Waals surface area contributed by atoms with Gasteiger partial charge in [0, 0.05) is 45.9 Å². The summed E-state index contributed by atoms with van der Waals surface area (Å²) in [5.74, 6) is 0. The molecule has 0 aliphatic heterocycles. The van der Waals surface area contributed by atoms with Crippen molar-refractivity contribution in [2.45, 2.75) is 24.9 Å². The second kappa shape index (κ2) is 8.64. The van der Waals surface area contributed by atoms with Crippen molar-refractivity contribution < 1.29 is 9.47 Å². The van der Waals surface area contributed by atoms with E-state index >= 15 is 0 Å². The Morgan fingerprint density at radius 3 is 2.71 bits per heavy atom. The summed E-state index contributed by atoms with van der Waals surface area (Å²) in [6, 6.07) is 1.14. The van der Waals surface area contributed by atoms with Gasteiger partial charge in [-0.3, -0.25) is 4.90 Å². The van der Waals surface area contributed by atoms with Gasteiger partial charge in [-0.05, 0) is 12.8 Å². The third-order valence-corrected chi connectivity index (χ3v) is 3.04. The summed E-state index contributed by atoms with van der Waals surface area (Å²) < 4.78 is 10.5. The minimum absolute atomic E-state index is 0.397. The average molecular weight is 242 g/mol. The van der Waals surface area contributed by atoms with Gasteiger partial charge in [-0.15, -0.1) is 6.58 Å². The van der Waals surface area contributed by atoms with E-state index in [9.17, 15) is 0 Å². The Kier molecular flexibility index (Phi) is 7.44. The molecular weight excluding hydrogens is 216 g/mol. The summed E-state index contributed by atoms with van der Waals surface area (Å²) in [4.78, 5) is 2.36. The molecule has 1 saturated carbocycles. The van der Waals surface area contributed by atoms with E-state index in [0.717, 1.165) is 38.9 Å². The molecule has 0 amide bonds. The van der Waals surface area contributed by atoms with Crippen molar-refractivity contribution >= 4 is 0 Å². The van der Waals surface area contributed by atoms with Crippen LogP contribution in [0.4, 0.5) is 0 Å². The fourth-order valence-electron chi connectivity index (χ4n) is 1.87. The quantitative estimate of drug-likeness (QED) is 0.546. The van der Waals surface area contributed by atoms with Crippen LogP contribution in [0.2, 0.25) is 0 Å². The second-order valence-electron chi connectivity index (χ2n) is 4.57. The lowest BCUT2D eigenvalue weighted by molar-refractivity contribution is 0.0741. The summed E-state index contributed by atoms with van der Waals surface area (Å²) in [5, 5.41) is 3.56. The van der Waals surface area contributed by atoms with Crippen LogP contribution in [0.25, 0.3) is 0 Å². The predicted molar refractivity (Wildman–Crippen MR) is 70.3 cm³/mol. The van der Waals surface area contributed by atoms with Crippen molar-refractivity contribution in [1.29, 1.82) is 0 Å². The van der Waals surface area contributed by atoms with Gasteiger partial charge in [0.2, 0.25) is 0 Å². The third-order valence-electron chi connectivity index (χ3n) is 3.04. The van der Waals surface area contributed by atoms with Crippen LogP contribution in [0.1, 0.15) is 12.8 Å². The van der Waals surface area contributed by atoms with Crippen molar-refractivity contribution in [3.63, 3.8) is 0 Å². The van der Waals surface area contributed by atoms with Gasteiger partial charge in [-0.1, -0.05) is 6.08 Å². The molecule has 0 aromatic rings. The van der Waals surface area contributed by atoms with Crippen LogP contribution in [0.5, 0.6) is 0 Å². The molecule has 0 bridgehead atoms. The lowest BCUT2D eigenvalue weighted by Crippen LogP contribution is -2.47. The van der Waals surface area contributed by atoms with E-state index in [2.05, 4.69) is 16.8 Å². The zero-order chi connectivity index (χ0) is 12.5. The van der Waals surface area contributed by atoms with Crippen molar-refractivity contribution in [3.8, 4) is 0 Å². The Balaban J connectivity index is 2.38. The topological polar surface area (TPSA) is 33.7 Å². The number of rotatable bonds is 11. The first kappa shape index (κ1) is 14.6. The van der Waals surface area contributed by atoms with Crippen LogP contribution in [0.3, 0.4) is 0 Å². The first-order valence-corrected chi connectivity index (χ1v) is 6.38. The van der Waals surface area contributed by atoms with Gasteiger partial charge in [-0.25, -0.2) is 0 Å². The van der Waals surface area contributed by atoms with Crippen LogP contribution in [-0.4, -0.2) is 64.1 Å². The van der Waals surface area contributed by atoms with Crippen molar-refractivity contribution in [2.75, 3.05) is 47.1 Å². The van der Waals surface area contributed by atoms with Crippen LogP contribution < -0.4 is 5.32 Å². The largest absolute Gasteiger partial charge is 0.383 e. The first-order chi connectivity index (χ1) is 8.31. The van der Waals surface area contributed by atoms with E-state index in [0.29, 0.717) is 6.04 Å². The summed E-state index contributed by atoms with van der Waals surface area (Å²) in [7, 11) is 3.49. The normalized spacial score (nSPS) is 17.4. The van der Waals surface area contributed by atoms with E-state index in [4.69, 9.17) is 9.47 Å². The molecule has 0 heterocycles. The fourth-order valence-corrected chi connectivity index (χ4v) is 1.87. The van der Waals surface area contributed by atoms with Gasteiger partial charge in [0.15, 0.2) is 0 Å². The van der Waals surface area contributed by atoms with Crippen molar-refractivity contribution in [3.05, 3.63) is 12.7 Å². The molecule has 1 aliphatic carbocycles. The zero-order valence-corrected chi connectivity index (χ0v) is 11.2. The highest BCUT2D eigenvalue weighted by Crippen LogP contribution is 2.18. The summed E-state index contributed by atoms with van der Waals surface area (Å²) >= 11 is 0. The predicted octanol–water partition coefficient (Wildman–Crippen LogP) is 0.888. The van der Waals surface area contributed by atoms with Gasteiger partial charge in [0.1, 0.15) is 0 Å². The Morgan fingerprint density at radius 1 is 1.41 bits per heavy atom. The molecule has 4 nitrogen and oxygen atoms in total. The monoisotopic (exact) mass is 242 g/mol. The average Bonchev–Trinajstić information content (AvgIpc) is 3.14. The van der Waals surface area contributed by atoms with Gasteiger partial charge in [0.25, 0.3) is 0 Å². The molecule has 0 aromatic carbocycles. The highest BCUT2D eigenvalue weighted by molar-refractivity contribution is 4.86. The molecule has 1 fully saturated rings. The highest BCUT2D eigenvalue weighted by Gasteiger charge is 2.24. The van der Waals surface area contributed by atoms with Gasteiger partial charge < -0.3 is 14.8 Å². The van der Waals surface area contributed by atoms with E-state index in [1.54, 1.807) is 14.2 Å². The van der Waals surface area contributed by atoms with Crippen molar-refractivity contribution in [1.82, 2.24) is 10.2 Å². The number of nitrogens with zero attached hydrogens (tertiary/aromatic N) is 1. The molecule has 0 spiro atoms. The fraction of sp³-hybridized carbons (Fsp3) is 0.846. The first-order valence-electron chi connectivity index (χ1n) is 6.38. The number of hydrogen-bond acceptors (Lipinski definition) is 4. The SMILES string of the molecule is C=CCN(CCOC)C(CNC1CC1)COC. The van der Waals surface area contributed by atoms with E-state index in [1.807, 2.05) is 6.08 Å². The number of methoxy groups -OCH3 is 2. The molecule has 1 rings (SSSR count). The maximum atomic E-state index is 5.31. The lowest BCUT2D eigenvalue weighted by Gasteiger charge is -2.30. The number of nitrogens with one attached hydrogen (secondary N) is 1. The van der Waals surface area contributed by atoms with Gasteiger partial charge >= 0.3 is 0 Å². The number of hydrogen-bond donors (Lipinski definition) is 1. The van der Waals surface area contributed by atoms with Crippen LogP contribution in [0.15, 0.2) is 12.7 Å². The Bertz CT molecular complexity index is 208. The number of ether oxygens (including phenoxy) is 2. The molecular formula is C13H26N2O2.